The Labute approximate surface area is 230 Å². The smallest absolute Gasteiger partial charge is 0.0994 e. The Morgan fingerprint density at radius 1 is 1.00 bits per heavy atom. The molecule has 0 saturated heterocycles. The molecule has 0 radical (unpaired) electrons. The first-order valence-corrected chi connectivity index (χ1v) is 14.7. The number of anilines is 1. The van der Waals surface area contributed by atoms with Gasteiger partial charge in [-0.1, -0.05) is 88.3 Å². The van der Waals surface area contributed by atoms with Crippen molar-refractivity contribution in [3.05, 3.63) is 64.0 Å². The number of nitrogens with zero attached hydrogens (tertiary/aromatic N) is 2. The molecule has 2 aromatic rings. The maximum absolute atomic E-state index is 9.36. The summed E-state index contributed by atoms with van der Waals surface area (Å²) in [7, 11) is 0. The standard InChI is InChI=1S/C20H23N3.C8H16.3C2H6/c1-5-7-17(19-11-23-12-20(22)16(19)6-2)18-9-15(10-21)13(3)8-14(18)4;1-6(2)8-4-7(3)5-8;3*1-2/h7-9,11-12H,5-6,22H2,1-4H3;6-8H,4-5H2,1-3H3;3*1-2H3/b17-7+;;;;. The van der Waals surface area contributed by atoms with Gasteiger partial charge in [0.1, 0.15) is 0 Å². The molecule has 1 aliphatic carbocycles. The van der Waals surface area contributed by atoms with E-state index in [1.807, 2.05) is 60.7 Å². The normalized spacial score (nSPS) is 15.6. The van der Waals surface area contributed by atoms with E-state index in [0.29, 0.717) is 5.56 Å². The summed E-state index contributed by atoms with van der Waals surface area (Å²) < 4.78 is 0. The first-order chi connectivity index (χ1) is 17.7. The third-order valence-corrected chi connectivity index (χ3v) is 6.48. The lowest BCUT2D eigenvalue weighted by Gasteiger charge is -2.35. The molecule has 0 atom stereocenters. The highest BCUT2D eigenvalue weighted by Gasteiger charge is 2.27. The van der Waals surface area contributed by atoms with Crippen LogP contribution in [0.1, 0.15) is 129 Å². The average Bonchev–Trinajstić information content (AvgIpc) is 2.89. The van der Waals surface area contributed by atoms with Gasteiger partial charge < -0.3 is 5.73 Å². The number of nitriles is 1. The van der Waals surface area contributed by atoms with Crippen molar-refractivity contribution in [1.29, 1.82) is 5.26 Å². The number of benzene rings is 1. The molecule has 0 amide bonds. The van der Waals surface area contributed by atoms with Crippen LogP contribution in [0, 0.1) is 42.9 Å². The number of aryl methyl sites for hydroxylation is 2. The monoisotopic (exact) mass is 507 g/mol. The second-order valence-electron chi connectivity index (χ2n) is 9.31. The Morgan fingerprint density at radius 3 is 1.97 bits per heavy atom. The SMILES string of the molecule is CC.CC.CC.CC/C=C(\c1cc(C#N)c(C)cc1C)c1cncc(N)c1CC.CC1CC(C(C)C)C1. The molecule has 3 nitrogen and oxygen atoms in total. The predicted molar refractivity (Wildman–Crippen MR) is 167 cm³/mol. The van der Waals surface area contributed by atoms with Gasteiger partial charge in [-0.25, -0.2) is 0 Å². The molecule has 2 N–H and O–H groups in total. The molecule has 0 aliphatic heterocycles. The highest BCUT2D eigenvalue weighted by atomic mass is 14.7. The molecule has 3 heteroatoms. The van der Waals surface area contributed by atoms with E-state index >= 15 is 0 Å². The van der Waals surface area contributed by atoms with Crippen molar-refractivity contribution < 1.29 is 0 Å². The third-order valence-electron chi connectivity index (χ3n) is 6.48. The Kier molecular flexibility index (Phi) is 20.2. The van der Waals surface area contributed by atoms with Crippen molar-refractivity contribution in [3.8, 4) is 6.07 Å². The zero-order chi connectivity index (χ0) is 29.1. The van der Waals surface area contributed by atoms with Crippen LogP contribution < -0.4 is 5.73 Å². The molecule has 1 aliphatic rings. The second-order valence-corrected chi connectivity index (χ2v) is 9.31. The molecule has 1 heterocycles. The Bertz CT molecular complexity index is 958. The number of nitrogen functional groups attached to an aromatic ring is 1. The average molecular weight is 508 g/mol. The molecule has 0 bridgehead atoms. The molecule has 1 saturated carbocycles. The maximum Gasteiger partial charge on any atom is 0.0994 e. The van der Waals surface area contributed by atoms with E-state index in [1.165, 1.54) is 12.8 Å². The number of pyridine rings is 1. The molecular weight excluding hydrogens is 450 g/mol. The molecule has 208 valence electrons. The summed E-state index contributed by atoms with van der Waals surface area (Å²) in [6.07, 6.45) is 10.5. The number of allylic oxidation sites excluding steroid dienone is 1. The van der Waals surface area contributed by atoms with Crippen molar-refractivity contribution in [2.75, 3.05) is 5.73 Å². The van der Waals surface area contributed by atoms with Gasteiger partial charge in [-0.3, -0.25) is 4.98 Å². The zero-order valence-electron chi connectivity index (χ0n) is 26.4. The van der Waals surface area contributed by atoms with Crippen LogP contribution in [-0.4, -0.2) is 4.98 Å². The van der Waals surface area contributed by atoms with E-state index in [0.717, 1.165) is 69.7 Å². The summed E-state index contributed by atoms with van der Waals surface area (Å²) in [5.41, 5.74) is 14.1. The molecule has 37 heavy (non-hydrogen) atoms. The minimum Gasteiger partial charge on any atom is -0.397 e. The summed E-state index contributed by atoms with van der Waals surface area (Å²) in [5.74, 6) is 3.03. The van der Waals surface area contributed by atoms with Gasteiger partial charge in [0.2, 0.25) is 0 Å². The van der Waals surface area contributed by atoms with Crippen LogP contribution in [0.15, 0.2) is 30.6 Å². The van der Waals surface area contributed by atoms with Gasteiger partial charge in [0.25, 0.3) is 0 Å². The summed E-state index contributed by atoms with van der Waals surface area (Å²) in [5, 5.41) is 9.36. The summed E-state index contributed by atoms with van der Waals surface area (Å²) in [4.78, 5) is 4.28. The van der Waals surface area contributed by atoms with E-state index in [4.69, 9.17) is 5.73 Å². The minimum atomic E-state index is 0.711. The van der Waals surface area contributed by atoms with E-state index in [-0.39, 0.29) is 0 Å². The van der Waals surface area contributed by atoms with Gasteiger partial charge in [-0.2, -0.15) is 5.26 Å². The number of hydrogen-bond acceptors (Lipinski definition) is 3. The topological polar surface area (TPSA) is 62.7 Å². The predicted octanol–water partition coefficient (Wildman–Crippen LogP) is 10.3. The van der Waals surface area contributed by atoms with Crippen LogP contribution in [0.2, 0.25) is 0 Å². The lowest BCUT2D eigenvalue weighted by Crippen LogP contribution is -2.25. The molecule has 1 fully saturated rings. The maximum atomic E-state index is 9.36. The van der Waals surface area contributed by atoms with E-state index in [9.17, 15) is 5.26 Å². The highest BCUT2D eigenvalue weighted by molar-refractivity contribution is 5.84. The summed E-state index contributed by atoms with van der Waals surface area (Å²) >= 11 is 0. The van der Waals surface area contributed by atoms with E-state index < -0.39 is 0 Å². The van der Waals surface area contributed by atoms with Crippen molar-refractivity contribution in [3.63, 3.8) is 0 Å². The van der Waals surface area contributed by atoms with Gasteiger partial charge in [0, 0.05) is 11.8 Å². The van der Waals surface area contributed by atoms with Crippen LogP contribution >= 0.6 is 0 Å². The Balaban J connectivity index is 0. The molecule has 0 spiro atoms. The molecular formula is C34H57N3. The number of aromatic nitrogens is 1. The molecule has 1 aromatic heterocycles. The summed E-state index contributed by atoms with van der Waals surface area (Å²) in [6, 6.07) is 6.34. The number of hydrogen-bond donors (Lipinski definition) is 1. The first-order valence-electron chi connectivity index (χ1n) is 14.7. The fourth-order valence-electron chi connectivity index (χ4n) is 4.47. The lowest BCUT2D eigenvalue weighted by molar-refractivity contribution is 0.156. The van der Waals surface area contributed by atoms with Crippen LogP contribution in [0.5, 0.6) is 0 Å². The number of nitrogens with two attached hydrogens (primary N) is 1. The van der Waals surface area contributed by atoms with Gasteiger partial charge in [0.05, 0.1) is 23.5 Å². The van der Waals surface area contributed by atoms with Crippen LogP contribution in [0.25, 0.3) is 5.57 Å². The van der Waals surface area contributed by atoms with Gasteiger partial charge in [0.15, 0.2) is 0 Å². The van der Waals surface area contributed by atoms with Gasteiger partial charge in [-0.05, 0) is 91.2 Å². The van der Waals surface area contributed by atoms with Gasteiger partial charge >= 0.3 is 0 Å². The first kappa shape index (κ1) is 36.6. The quantitative estimate of drug-likeness (QED) is 0.438. The minimum absolute atomic E-state index is 0.711. The van der Waals surface area contributed by atoms with Crippen molar-refractivity contribution in [1.82, 2.24) is 4.98 Å². The van der Waals surface area contributed by atoms with Crippen molar-refractivity contribution in [2.24, 2.45) is 17.8 Å². The van der Waals surface area contributed by atoms with Crippen molar-refractivity contribution >= 4 is 11.3 Å². The van der Waals surface area contributed by atoms with Gasteiger partial charge in [-0.15, -0.1) is 0 Å². The second kappa shape index (κ2) is 20.5. The summed E-state index contributed by atoms with van der Waals surface area (Å²) in [6.45, 7) is 27.3. The van der Waals surface area contributed by atoms with Crippen molar-refractivity contribution in [2.45, 2.75) is 116 Å². The fraction of sp³-hybridized carbons (Fsp3) is 0.588. The zero-order valence-corrected chi connectivity index (χ0v) is 26.4. The Morgan fingerprint density at radius 2 is 1.57 bits per heavy atom. The fourth-order valence-corrected chi connectivity index (χ4v) is 4.47. The van der Waals surface area contributed by atoms with E-state index in [1.54, 1.807) is 6.20 Å². The lowest BCUT2D eigenvalue weighted by atomic mass is 9.71. The van der Waals surface area contributed by atoms with Crippen LogP contribution in [0.3, 0.4) is 0 Å². The molecule has 0 unspecified atom stereocenters. The van der Waals surface area contributed by atoms with Crippen LogP contribution in [0.4, 0.5) is 5.69 Å². The van der Waals surface area contributed by atoms with Crippen LogP contribution in [-0.2, 0) is 6.42 Å². The highest BCUT2D eigenvalue weighted by Crippen LogP contribution is 2.38. The third kappa shape index (κ3) is 11.1. The Hall–Kier alpha value is -2.60. The van der Waals surface area contributed by atoms with E-state index in [2.05, 4.69) is 64.7 Å². The molecule has 1 aromatic carbocycles. The molecule has 3 rings (SSSR count). The largest absolute Gasteiger partial charge is 0.397 e. The number of rotatable bonds is 5.